The first kappa shape index (κ1) is 16.8. The highest BCUT2D eigenvalue weighted by molar-refractivity contribution is 5.78. The van der Waals surface area contributed by atoms with Gasteiger partial charge in [-0.2, -0.15) is 0 Å². The lowest BCUT2D eigenvalue weighted by Crippen LogP contribution is -2.29. The molecule has 0 radical (unpaired) electrons. The van der Waals surface area contributed by atoms with Crippen molar-refractivity contribution in [1.29, 1.82) is 0 Å². The van der Waals surface area contributed by atoms with E-state index in [1.165, 1.54) is 12.1 Å². The molecule has 0 fully saturated rings. The molecule has 0 bridgehead atoms. The van der Waals surface area contributed by atoms with E-state index in [1.54, 1.807) is 30.7 Å². The predicted octanol–water partition coefficient (Wildman–Crippen LogP) is 2.75. The van der Waals surface area contributed by atoms with Crippen molar-refractivity contribution in [2.24, 2.45) is 0 Å². The second-order valence-electron chi connectivity index (χ2n) is 5.77. The standard InChI is InChI=1S/C19H19FN4O/c1-14-12-23-19(16-5-3-7-21-13-16)24(14)9-8-22-18(25)11-15-4-2-6-17(20)10-15/h2-7,10,12-13H,8-9,11H2,1H3,(H,22,25). The summed E-state index contributed by atoms with van der Waals surface area (Å²) in [6.45, 7) is 3.05. The monoisotopic (exact) mass is 338 g/mol. The Morgan fingerprint density at radius 3 is 2.88 bits per heavy atom. The summed E-state index contributed by atoms with van der Waals surface area (Å²) >= 11 is 0. The fraction of sp³-hybridized carbons (Fsp3) is 0.211. The number of halogens is 1. The van der Waals surface area contributed by atoms with E-state index in [-0.39, 0.29) is 18.1 Å². The highest BCUT2D eigenvalue weighted by Gasteiger charge is 2.10. The minimum atomic E-state index is -0.333. The summed E-state index contributed by atoms with van der Waals surface area (Å²) in [5, 5.41) is 2.87. The molecule has 2 heterocycles. The summed E-state index contributed by atoms with van der Waals surface area (Å²) in [7, 11) is 0. The van der Waals surface area contributed by atoms with Gasteiger partial charge in [-0.15, -0.1) is 0 Å². The summed E-state index contributed by atoms with van der Waals surface area (Å²) in [4.78, 5) is 20.6. The molecule has 0 saturated carbocycles. The first-order chi connectivity index (χ1) is 12.1. The average Bonchev–Trinajstić information content (AvgIpc) is 2.97. The molecule has 5 nitrogen and oxygen atoms in total. The molecule has 0 aliphatic rings. The zero-order valence-corrected chi connectivity index (χ0v) is 13.9. The van der Waals surface area contributed by atoms with Gasteiger partial charge in [-0.05, 0) is 36.8 Å². The molecule has 128 valence electrons. The second kappa shape index (κ2) is 7.70. The van der Waals surface area contributed by atoms with Crippen molar-refractivity contribution < 1.29 is 9.18 Å². The van der Waals surface area contributed by atoms with Crippen molar-refractivity contribution in [3.8, 4) is 11.4 Å². The van der Waals surface area contributed by atoms with Gasteiger partial charge in [0, 0.05) is 42.9 Å². The second-order valence-corrected chi connectivity index (χ2v) is 5.77. The number of nitrogens with zero attached hydrogens (tertiary/aromatic N) is 3. The van der Waals surface area contributed by atoms with E-state index in [0.29, 0.717) is 18.7 Å². The number of carbonyl (C=O) groups excluding carboxylic acids is 1. The maximum atomic E-state index is 13.2. The number of carbonyl (C=O) groups is 1. The van der Waals surface area contributed by atoms with Crippen molar-refractivity contribution in [3.05, 3.63) is 72.1 Å². The van der Waals surface area contributed by atoms with Crippen LogP contribution in [0.2, 0.25) is 0 Å². The number of benzene rings is 1. The van der Waals surface area contributed by atoms with Crippen molar-refractivity contribution in [2.75, 3.05) is 6.54 Å². The van der Waals surface area contributed by atoms with Crippen molar-refractivity contribution in [1.82, 2.24) is 19.9 Å². The number of pyridine rings is 1. The molecule has 1 amide bonds. The molecule has 25 heavy (non-hydrogen) atoms. The summed E-state index contributed by atoms with van der Waals surface area (Å²) in [5.41, 5.74) is 2.60. The molecule has 1 aromatic carbocycles. The molecular weight excluding hydrogens is 319 g/mol. The van der Waals surface area contributed by atoms with E-state index >= 15 is 0 Å². The van der Waals surface area contributed by atoms with Crippen LogP contribution >= 0.6 is 0 Å². The Kier molecular flexibility index (Phi) is 5.18. The van der Waals surface area contributed by atoms with Gasteiger partial charge in [0.25, 0.3) is 0 Å². The zero-order chi connectivity index (χ0) is 17.6. The lowest BCUT2D eigenvalue weighted by molar-refractivity contribution is -0.120. The summed E-state index contributed by atoms with van der Waals surface area (Å²) in [6.07, 6.45) is 5.45. The minimum absolute atomic E-state index is 0.133. The number of rotatable bonds is 6. The summed E-state index contributed by atoms with van der Waals surface area (Å²) in [6, 6.07) is 9.90. The van der Waals surface area contributed by atoms with Gasteiger partial charge in [-0.1, -0.05) is 12.1 Å². The minimum Gasteiger partial charge on any atom is -0.354 e. The Hall–Kier alpha value is -3.02. The highest BCUT2D eigenvalue weighted by Crippen LogP contribution is 2.17. The maximum Gasteiger partial charge on any atom is 0.224 e. The lowest BCUT2D eigenvalue weighted by atomic mass is 10.1. The lowest BCUT2D eigenvalue weighted by Gasteiger charge is -2.11. The third-order valence-corrected chi connectivity index (χ3v) is 3.89. The number of amides is 1. The first-order valence-electron chi connectivity index (χ1n) is 8.07. The van der Waals surface area contributed by atoms with Gasteiger partial charge in [0.05, 0.1) is 6.42 Å². The SMILES string of the molecule is Cc1cnc(-c2cccnc2)n1CCNC(=O)Cc1cccc(F)c1. The van der Waals surface area contributed by atoms with Crippen LogP contribution in [0.3, 0.4) is 0 Å². The van der Waals surface area contributed by atoms with Crippen LogP contribution in [0, 0.1) is 12.7 Å². The van der Waals surface area contributed by atoms with Crippen LogP contribution in [-0.4, -0.2) is 27.0 Å². The van der Waals surface area contributed by atoms with Crippen LogP contribution in [0.25, 0.3) is 11.4 Å². The molecule has 0 saturated heterocycles. The Labute approximate surface area is 145 Å². The number of hydrogen-bond acceptors (Lipinski definition) is 3. The fourth-order valence-corrected chi connectivity index (χ4v) is 2.67. The molecule has 0 aliphatic heterocycles. The quantitative estimate of drug-likeness (QED) is 0.752. The molecule has 0 spiro atoms. The average molecular weight is 338 g/mol. The van der Waals surface area contributed by atoms with Crippen LogP contribution in [-0.2, 0) is 17.8 Å². The van der Waals surface area contributed by atoms with E-state index in [0.717, 1.165) is 17.1 Å². The molecule has 0 atom stereocenters. The van der Waals surface area contributed by atoms with Gasteiger partial charge in [0.2, 0.25) is 5.91 Å². The molecular formula is C19H19FN4O. The molecule has 3 rings (SSSR count). The van der Waals surface area contributed by atoms with Gasteiger partial charge in [0.15, 0.2) is 0 Å². The normalized spacial score (nSPS) is 10.6. The van der Waals surface area contributed by atoms with Crippen LogP contribution in [0.4, 0.5) is 4.39 Å². The van der Waals surface area contributed by atoms with Crippen LogP contribution < -0.4 is 5.32 Å². The Bertz CT molecular complexity index is 861. The third-order valence-electron chi connectivity index (χ3n) is 3.89. The van der Waals surface area contributed by atoms with Gasteiger partial charge < -0.3 is 9.88 Å². The fourth-order valence-electron chi connectivity index (χ4n) is 2.67. The molecule has 3 aromatic rings. The Balaban J connectivity index is 1.59. The molecule has 6 heteroatoms. The number of hydrogen-bond donors (Lipinski definition) is 1. The van der Waals surface area contributed by atoms with E-state index in [2.05, 4.69) is 15.3 Å². The van der Waals surface area contributed by atoms with Gasteiger partial charge in [-0.25, -0.2) is 9.37 Å². The van der Waals surface area contributed by atoms with Crippen LogP contribution in [0.15, 0.2) is 55.0 Å². The molecule has 1 N–H and O–H groups in total. The third kappa shape index (κ3) is 4.29. The van der Waals surface area contributed by atoms with E-state index in [1.807, 2.05) is 23.6 Å². The number of aryl methyl sites for hydroxylation is 1. The van der Waals surface area contributed by atoms with Gasteiger partial charge in [-0.3, -0.25) is 9.78 Å². The van der Waals surface area contributed by atoms with Gasteiger partial charge >= 0.3 is 0 Å². The maximum absolute atomic E-state index is 13.2. The topological polar surface area (TPSA) is 59.8 Å². The molecule has 0 aliphatic carbocycles. The van der Waals surface area contributed by atoms with E-state index < -0.39 is 0 Å². The van der Waals surface area contributed by atoms with E-state index in [4.69, 9.17) is 0 Å². The Morgan fingerprint density at radius 2 is 2.12 bits per heavy atom. The number of aromatic nitrogens is 3. The largest absolute Gasteiger partial charge is 0.354 e. The van der Waals surface area contributed by atoms with Crippen LogP contribution in [0.1, 0.15) is 11.3 Å². The summed E-state index contributed by atoms with van der Waals surface area (Å²) in [5.74, 6) is 0.358. The van der Waals surface area contributed by atoms with E-state index in [9.17, 15) is 9.18 Å². The predicted molar refractivity (Wildman–Crippen MR) is 93.3 cm³/mol. The van der Waals surface area contributed by atoms with Crippen LogP contribution in [0.5, 0.6) is 0 Å². The zero-order valence-electron chi connectivity index (χ0n) is 13.9. The highest BCUT2D eigenvalue weighted by atomic mass is 19.1. The summed E-state index contributed by atoms with van der Waals surface area (Å²) < 4.78 is 15.2. The first-order valence-corrected chi connectivity index (χ1v) is 8.07. The smallest absolute Gasteiger partial charge is 0.224 e. The molecule has 2 aromatic heterocycles. The van der Waals surface area contributed by atoms with Crippen molar-refractivity contribution in [2.45, 2.75) is 19.9 Å². The molecule has 0 unspecified atom stereocenters. The number of nitrogens with one attached hydrogen (secondary N) is 1. The Morgan fingerprint density at radius 1 is 1.24 bits per heavy atom. The van der Waals surface area contributed by atoms with Crippen molar-refractivity contribution >= 4 is 5.91 Å². The van der Waals surface area contributed by atoms with Crippen molar-refractivity contribution in [3.63, 3.8) is 0 Å². The number of imidazole rings is 1. The van der Waals surface area contributed by atoms with Gasteiger partial charge in [0.1, 0.15) is 11.6 Å².